The summed E-state index contributed by atoms with van der Waals surface area (Å²) in [4.78, 5) is 23.1. The summed E-state index contributed by atoms with van der Waals surface area (Å²) in [6.07, 6.45) is 4.94. The molecule has 0 aliphatic carbocycles. The molecule has 9 heteroatoms. The SMILES string of the molecule is COc1cc(C=CC(=O)Oc2c(OC)cc(C=CC(=O)O)cc2OC)cc(OC)c1O. The Morgan fingerprint density at radius 3 is 1.58 bits per heavy atom. The van der Waals surface area contributed by atoms with E-state index in [1.54, 1.807) is 0 Å². The molecule has 2 aromatic carbocycles. The first-order valence-corrected chi connectivity index (χ1v) is 8.84. The number of aliphatic carboxylic acids is 1. The molecule has 0 bridgehead atoms. The summed E-state index contributed by atoms with van der Waals surface area (Å²) >= 11 is 0. The molecule has 2 N–H and O–H groups in total. The van der Waals surface area contributed by atoms with E-state index >= 15 is 0 Å². The second-order valence-corrected chi connectivity index (χ2v) is 5.95. The van der Waals surface area contributed by atoms with E-state index in [0.717, 1.165) is 6.08 Å². The number of carbonyl (C=O) groups is 2. The van der Waals surface area contributed by atoms with Crippen molar-refractivity contribution in [2.45, 2.75) is 0 Å². The lowest BCUT2D eigenvalue weighted by atomic mass is 10.1. The van der Waals surface area contributed by atoms with E-state index in [4.69, 9.17) is 28.8 Å². The van der Waals surface area contributed by atoms with Crippen LogP contribution >= 0.6 is 0 Å². The van der Waals surface area contributed by atoms with Gasteiger partial charge in [0.15, 0.2) is 23.0 Å². The number of esters is 1. The number of benzene rings is 2. The summed E-state index contributed by atoms with van der Waals surface area (Å²) in [7, 11) is 5.54. The minimum absolute atomic E-state index is 0.0352. The molecule has 0 aliphatic heterocycles. The fraction of sp³-hybridized carbons (Fsp3) is 0.182. The van der Waals surface area contributed by atoms with Crippen LogP contribution in [0.2, 0.25) is 0 Å². The summed E-state index contributed by atoms with van der Waals surface area (Å²) in [6, 6.07) is 6.05. The van der Waals surface area contributed by atoms with Gasteiger partial charge >= 0.3 is 11.9 Å². The van der Waals surface area contributed by atoms with Crippen molar-refractivity contribution >= 4 is 24.1 Å². The highest BCUT2D eigenvalue weighted by atomic mass is 16.6. The molecule has 0 aromatic heterocycles. The predicted octanol–water partition coefficient (Wildman–Crippen LogP) is 3.14. The highest BCUT2D eigenvalue weighted by Gasteiger charge is 2.17. The van der Waals surface area contributed by atoms with Gasteiger partial charge in [-0.15, -0.1) is 0 Å². The van der Waals surface area contributed by atoms with Crippen LogP contribution in [0, 0.1) is 0 Å². The maximum Gasteiger partial charge on any atom is 0.336 e. The summed E-state index contributed by atoms with van der Waals surface area (Å²) in [5.74, 6) is -1.23. The van der Waals surface area contributed by atoms with Crippen molar-refractivity contribution < 1.29 is 43.5 Å². The average Bonchev–Trinajstić information content (AvgIpc) is 2.77. The molecular formula is C22H22O9. The van der Waals surface area contributed by atoms with Crippen LogP contribution in [0.25, 0.3) is 12.2 Å². The lowest BCUT2D eigenvalue weighted by molar-refractivity contribution is -0.131. The Balaban J connectivity index is 2.30. The Labute approximate surface area is 178 Å². The molecule has 0 saturated carbocycles. The van der Waals surface area contributed by atoms with E-state index in [1.165, 1.54) is 70.9 Å². The molecule has 0 unspecified atom stereocenters. The van der Waals surface area contributed by atoms with Gasteiger partial charge in [-0.2, -0.15) is 0 Å². The van der Waals surface area contributed by atoms with Gasteiger partial charge in [-0.25, -0.2) is 9.59 Å². The first kappa shape index (κ1) is 23.1. The van der Waals surface area contributed by atoms with Gasteiger partial charge in [-0.05, 0) is 47.5 Å². The maximum absolute atomic E-state index is 12.4. The van der Waals surface area contributed by atoms with Gasteiger partial charge in [0.1, 0.15) is 0 Å². The van der Waals surface area contributed by atoms with Gasteiger partial charge < -0.3 is 33.9 Å². The van der Waals surface area contributed by atoms with Gasteiger partial charge in [0.25, 0.3) is 0 Å². The molecule has 0 amide bonds. The fourth-order valence-electron chi connectivity index (χ4n) is 2.57. The molecule has 164 valence electrons. The van der Waals surface area contributed by atoms with Gasteiger partial charge in [-0.1, -0.05) is 0 Å². The number of carboxylic acids is 1. The lowest BCUT2D eigenvalue weighted by Crippen LogP contribution is -2.07. The van der Waals surface area contributed by atoms with Crippen LogP contribution in [0.4, 0.5) is 0 Å². The van der Waals surface area contributed by atoms with Crippen LogP contribution in [0.5, 0.6) is 34.5 Å². The maximum atomic E-state index is 12.4. The van der Waals surface area contributed by atoms with Crippen LogP contribution in [-0.2, 0) is 9.59 Å². The Morgan fingerprint density at radius 2 is 1.16 bits per heavy atom. The van der Waals surface area contributed by atoms with Gasteiger partial charge in [0, 0.05) is 12.2 Å². The van der Waals surface area contributed by atoms with Gasteiger partial charge in [0.05, 0.1) is 28.4 Å². The van der Waals surface area contributed by atoms with Crippen LogP contribution in [0.15, 0.2) is 36.4 Å². The highest BCUT2D eigenvalue weighted by Crippen LogP contribution is 2.39. The van der Waals surface area contributed by atoms with Crippen molar-refractivity contribution in [3.05, 3.63) is 47.5 Å². The fourth-order valence-corrected chi connectivity index (χ4v) is 2.57. The van der Waals surface area contributed by atoms with Gasteiger partial charge in [-0.3, -0.25) is 0 Å². The molecule has 0 fully saturated rings. The molecule has 2 aromatic rings. The Bertz CT molecular complexity index is 972. The topological polar surface area (TPSA) is 121 Å². The van der Waals surface area contributed by atoms with Crippen molar-refractivity contribution in [3.8, 4) is 34.5 Å². The molecule has 2 rings (SSSR count). The number of phenolic OH excluding ortho intramolecular Hbond substituents is 1. The van der Waals surface area contributed by atoms with Crippen molar-refractivity contribution in [2.24, 2.45) is 0 Å². The third-order valence-electron chi connectivity index (χ3n) is 4.02. The first-order chi connectivity index (χ1) is 14.8. The number of carboxylic acid groups (broad SMARTS) is 1. The summed E-state index contributed by atoms with van der Waals surface area (Å²) in [5, 5.41) is 18.7. The average molecular weight is 430 g/mol. The molecule has 31 heavy (non-hydrogen) atoms. The standard InChI is InChI=1S/C22H22O9/c1-27-15-9-14(10-16(28-2)21(15)26)6-8-20(25)31-22-17(29-3)11-13(5-7-19(23)24)12-18(22)30-4/h5-12,26H,1-4H3,(H,23,24). The normalized spacial score (nSPS) is 10.8. The smallest absolute Gasteiger partial charge is 0.336 e. The zero-order chi connectivity index (χ0) is 23.0. The summed E-state index contributed by atoms with van der Waals surface area (Å²) in [5.41, 5.74) is 1.01. The van der Waals surface area contributed by atoms with Crippen molar-refractivity contribution in [3.63, 3.8) is 0 Å². The van der Waals surface area contributed by atoms with Crippen LogP contribution in [-0.4, -0.2) is 50.6 Å². The van der Waals surface area contributed by atoms with E-state index in [1.807, 2.05) is 0 Å². The quantitative estimate of drug-likeness (QED) is 0.351. The number of hydrogen-bond donors (Lipinski definition) is 2. The van der Waals surface area contributed by atoms with E-state index in [2.05, 4.69) is 0 Å². The number of aromatic hydroxyl groups is 1. The van der Waals surface area contributed by atoms with E-state index in [-0.39, 0.29) is 34.5 Å². The molecule has 0 spiro atoms. The van der Waals surface area contributed by atoms with Crippen molar-refractivity contribution in [1.82, 2.24) is 0 Å². The van der Waals surface area contributed by atoms with Crippen LogP contribution in [0.1, 0.15) is 11.1 Å². The molecule has 0 aliphatic rings. The van der Waals surface area contributed by atoms with Crippen LogP contribution in [0.3, 0.4) is 0 Å². The van der Waals surface area contributed by atoms with Crippen LogP contribution < -0.4 is 23.7 Å². The highest BCUT2D eigenvalue weighted by molar-refractivity contribution is 5.90. The lowest BCUT2D eigenvalue weighted by Gasteiger charge is -2.13. The zero-order valence-electron chi connectivity index (χ0n) is 17.4. The Kier molecular flexibility index (Phi) is 7.90. The Morgan fingerprint density at radius 1 is 0.742 bits per heavy atom. The third kappa shape index (κ3) is 5.92. The Hall–Kier alpha value is -4.14. The number of rotatable bonds is 9. The van der Waals surface area contributed by atoms with Gasteiger partial charge in [0.2, 0.25) is 11.5 Å². The molecule has 9 nitrogen and oxygen atoms in total. The van der Waals surface area contributed by atoms with E-state index in [0.29, 0.717) is 11.1 Å². The number of ether oxygens (including phenoxy) is 5. The third-order valence-corrected chi connectivity index (χ3v) is 4.02. The first-order valence-electron chi connectivity index (χ1n) is 8.84. The summed E-state index contributed by atoms with van der Waals surface area (Å²) < 4.78 is 26.0. The minimum atomic E-state index is -1.11. The number of phenols is 1. The zero-order valence-corrected chi connectivity index (χ0v) is 17.4. The minimum Gasteiger partial charge on any atom is -0.502 e. The molecule has 0 saturated heterocycles. The van der Waals surface area contributed by atoms with Crippen molar-refractivity contribution in [2.75, 3.05) is 28.4 Å². The second-order valence-electron chi connectivity index (χ2n) is 5.95. The van der Waals surface area contributed by atoms with Crippen molar-refractivity contribution in [1.29, 1.82) is 0 Å². The number of carbonyl (C=O) groups excluding carboxylic acids is 1. The molecule has 0 heterocycles. The predicted molar refractivity (Wildman–Crippen MR) is 112 cm³/mol. The number of hydrogen-bond acceptors (Lipinski definition) is 8. The monoisotopic (exact) mass is 430 g/mol. The largest absolute Gasteiger partial charge is 0.502 e. The molecule has 0 radical (unpaired) electrons. The van der Waals surface area contributed by atoms with E-state index < -0.39 is 11.9 Å². The molecule has 0 atom stereocenters. The summed E-state index contributed by atoms with van der Waals surface area (Å²) in [6.45, 7) is 0. The number of methoxy groups -OCH3 is 4. The second kappa shape index (κ2) is 10.6. The molecular weight excluding hydrogens is 408 g/mol. The van der Waals surface area contributed by atoms with E-state index in [9.17, 15) is 14.7 Å².